The average Bonchev–Trinajstić information content (AvgIpc) is 1.56. The van der Waals surface area contributed by atoms with Gasteiger partial charge in [-0.3, -0.25) is 0 Å². The second-order valence-corrected chi connectivity index (χ2v) is 41.7. The summed E-state index contributed by atoms with van der Waals surface area (Å²) in [5.41, 5.74) is 38.5. The third-order valence-electron chi connectivity index (χ3n) is 31.3. The molecular weight excluding hydrogens is 1810 g/mol. The van der Waals surface area contributed by atoms with Crippen LogP contribution in [0.4, 0.5) is 0 Å². The van der Waals surface area contributed by atoms with Crippen molar-refractivity contribution >= 4 is 141 Å². The molecule has 0 saturated carbocycles. The number of hydrogen-bond acceptors (Lipinski definition) is 8. The van der Waals surface area contributed by atoms with Crippen molar-refractivity contribution in [1.82, 2.24) is 48.2 Å². The lowest BCUT2D eigenvalue weighted by Gasteiger charge is -2.24. The van der Waals surface area contributed by atoms with E-state index < -0.39 is 0 Å². The molecular formula is C135H92N10OS. The summed E-state index contributed by atoms with van der Waals surface area (Å²) in [6.07, 6.45) is 0. The second kappa shape index (κ2) is 32.8. The van der Waals surface area contributed by atoms with Gasteiger partial charge < -0.3 is 22.7 Å². The predicted octanol–water partition coefficient (Wildman–Crippen LogP) is 35.0. The summed E-state index contributed by atoms with van der Waals surface area (Å²) in [7, 11) is 0. The number of furan rings is 1. The zero-order chi connectivity index (χ0) is 97.8. The maximum absolute atomic E-state index is 6.29. The Kier molecular flexibility index (Phi) is 19.1. The third kappa shape index (κ3) is 13.0. The van der Waals surface area contributed by atoms with Crippen LogP contribution in [0, 0.1) is 0 Å². The van der Waals surface area contributed by atoms with Crippen LogP contribution >= 0.6 is 11.3 Å². The van der Waals surface area contributed by atoms with Crippen LogP contribution in [-0.4, -0.2) is 48.2 Å². The molecule has 9 aromatic heterocycles. The number of rotatable bonds is 10. The first kappa shape index (κ1) is 85.4. The maximum Gasteiger partial charge on any atom is 0.160 e. The van der Waals surface area contributed by atoms with Crippen molar-refractivity contribution in [3.05, 3.63) is 482 Å². The van der Waals surface area contributed by atoms with E-state index in [1.165, 1.54) is 152 Å². The van der Waals surface area contributed by atoms with E-state index in [0.717, 1.165) is 135 Å². The van der Waals surface area contributed by atoms with E-state index in [-0.39, 0.29) is 16.2 Å². The van der Waals surface area contributed by atoms with Gasteiger partial charge in [0.1, 0.15) is 11.2 Å². The Morgan fingerprint density at radius 3 is 0.850 bits per heavy atom. The largest absolute Gasteiger partial charge is 0.456 e. The van der Waals surface area contributed by atoms with Crippen LogP contribution in [0.5, 0.6) is 0 Å². The Morgan fingerprint density at radius 2 is 0.469 bits per heavy atom. The topological polar surface area (TPSA) is 110 Å². The molecule has 12 heteroatoms. The molecule has 0 atom stereocenters. The van der Waals surface area contributed by atoms with E-state index in [1.54, 1.807) is 0 Å². The first-order valence-corrected chi connectivity index (χ1v) is 51.3. The highest BCUT2D eigenvalue weighted by Gasteiger charge is 2.44. The van der Waals surface area contributed by atoms with E-state index in [1.807, 2.05) is 53.8 Å². The van der Waals surface area contributed by atoms with Gasteiger partial charge in [-0.25, -0.2) is 29.9 Å². The predicted molar refractivity (Wildman–Crippen MR) is 609 cm³/mol. The summed E-state index contributed by atoms with van der Waals surface area (Å²) in [5, 5.41) is 15.1. The lowest BCUT2D eigenvalue weighted by atomic mass is 9.81. The molecule has 31 rings (SSSR count). The molecule has 0 unspecified atom stereocenters. The molecule has 0 aliphatic heterocycles. The van der Waals surface area contributed by atoms with Crippen LogP contribution in [0.1, 0.15) is 74.9 Å². The van der Waals surface area contributed by atoms with Gasteiger partial charge in [-0.15, -0.1) is 11.3 Å². The van der Waals surface area contributed by atoms with Crippen LogP contribution in [0.3, 0.4) is 0 Å². The first-order chi connectivity index (χ1) is 72.2. The van der Waals surface area contributed by atoms with Gasteiger partial charge >= 0.3 is 0 Å². The van der Waals surface area contributed by atoms with Gasteiger partial charge in [0, 0.05) is 180 Å². The molecule has 28 aromatic rings. The Morgan fingerprint density at radius 1 is 0.190 bits per heavy atom. The monoisotopic (exact) mass is 1900 g/mol. The number of nitrogens with zero attached hydrogens (tertiary/aromatic N) is 10. The van der Waals surface area contributed by atoms with Crippen molar-refractivity contribution in [2.75, 3.05) is 0 Å². The number of benzene rings is 19. The molecule has 0 amide bonds. The number of fused-ring (bicyclic) bond motifs is 30. The van der Waals surface area contributed by atoms with Gasteiger partial charge in [0.25, 0.3) is 0 Å². The minimum atomic E-state index is -0.244. The molecule has 19 aromatic carbocycles. The maximum atomic E-state index is 6.29. The molecule has 0 N–H and O–H groups in total. The van der Waals surface area contributed by atoms with E-state index in [2.05, 4.69) is 466 Å². The number of thiophene rings is 1. The lowest BCUT2D eigenvalue weighted by Crippen LogP contribution is -2.17. The molecule has 147 heavy (non-hydrogen) atoms. The van der Waals surface area contributed by atoms with Crippen molar-refractivity contribution in [2.24, 2.45) is 0 Å². The molecule has 694 valence electrons. The highest BCUT2D eigenvalue weighted by molar-refractivity contribution is 7.26. The van der Waals surface area contributed by atoms with Gasteiger partial charge in [-0.05, 0) is 138 Å². The average molecular weight is 1900 g/mol. The summed E-state index contributed by atoms with van der Waals surface area (Å²) in [6.45, 7) is 13.8. The lowest BCUT2D eigenvalue weighted by molar-refractivity contribution is 0.657. The highest BCUT2D eigenvalue weighted by atomic mass is 32.1. The van der Waals surface area contributed by atoms with E-state index in [4.69, 9.17) is 34.3 Å². The fraction of sp³-hybridized carbons (Fsp3) is 0.0667. The Bertz CT molecular complexity index is 9940. The minimum Gasteiger partial charge on any atom is -0.456 e. The Labute approximate surface area is 851 Å². The molecule has 3 aliphatic carbocycles. The quantitative estimate of drug-likeness (QED) is 0.134. The molecule has 0 saturated heterocycles. The van der Waals surface area contributed by atoms with Gasteiger partial charge in [0.05, 0.1) is 78.3 Å². The molecule has 0 fully saturated rings. The van der Waals surface area contributed by atoms with Crippen LogP contribution in [0.15, 0.2) is 453 Å². The second-order valence-electron chi connectivity index (χ2n) is 40.6. The Balaban J connectivity index is 0.000000104. The zero-order valence-electron chi connectivity index (χ0n) is 81.5. The fourth-order valence-electron chi connectivity index (χ4n) is 24.7. The Hall–Kier alpha value is -18.4. The van der Waals surface area contributed by atoms with E-state index >= 15 is 0 Å². The van der Waals surface area contributed by atoms with Crippen molar-refractivity contribution in [3.8, 4) is 124 Å². The molecule has 9 heterocycles. The van der Waals surface area contributed by atoms with Crippen LogP contribution in [0.2, 0.25) is 0 Å². The van der Waals surface area contributed by atoms with E-state index in [0.29, 0.717) is 0 Å². The molecule has 0 spiro atoms. The summed E-state index contributed by atoms with van der Waals surface area (Å²) in [5.74, 6) is 2.25. The molecule has 0 bridgehead atoms. The summed E-state index contributed by atoms with van der Waals surface area (Å²) < 4.78 is 18.5. The van der Waals surface area contributed by atoms with Crippen molar-refractivity contribution in [3.63, 3.8) is 0 Å². The van der Waals surface area contributed by atoms with Crippen LogP contribution in [-0.2, 0) is 16.2 Å². The third-order valence-corrected chi connectivity index (χ3v) is 32.4. The standard InChI is InChI=1S/C49H34N4.C43H29N3O.C43H29N3S/c1-49(2)38-22-12-9-19-35(38)47-45(49)46(50-48(51-47)32-15-5-3-6-16-32)31-25-27-34(28-26-31)53-40-24-14-11-21-37(40)44-42(53)30-29-41-43(44)36-20-10-13-23-39(36)52(41)33-17-7-4-8-18-33;2*1-43(2)32-17-9-6-14-29(32)41-39(43)40(44-42(45-41)27-12-4-3-5-13-27)26-20-22-28(23-21-26)46-33-18-10-7-15-30(33)37-34(46)24-25-36-38(37)31-16-8-11-19-35(31)47-36/h3-30H,1-2H3;2*3-25H,1-2H3. The summed E-state index contributed by atoms with van der Waals surface area (Å²) >= 11 is 1.87. The van der Waals surface area contributed by atoms with Crippen molar-refractivity contribution in [2.45, 2.75) is 57.8 Å². The summed E-state index contributed by atoms with van der Waals surface area (Å²) in [4.78, 5) is 31.5. The van der Waals surface area contributed by atoms with E-state index in [9.17, 15) is 0 Å². The van der Waals surface area contributed by atoms with Gasteiger partial charge in [-0.1, -0.05) is 369 Å². The van der Waals surface area contributed by atoms with Gasteiger partial charge in [0.15, 0.2) is 17.5 Å². The number of aromatic nitrogens is 10. The zero-order valence-corrected chi connectivity index (χ0v) is 82.3. The van der Waals surface area contributed by atoms with Crippen molar-refractivity contribution in [1.29, 1.82) is 0 Å². The minimum absolute atomic E-state index is 0.226. The van der Waals surface area contributed by atoms with Crippen LogP contribution < -0.4 is 0 Å². The normalized spacial score (nSPS) is 13.4. The molecule has 11 nitrogen and oxygen atoms in total. The van der Waals surface area contributed by atoms with Crippen molar-refractivity contribution < 1.29 is 4.42 Å². The SMILES string of the molecule is CC1(C)c2ccccc2-c2nc(-c3ccccc3)nc(-c3ccc(-n4c5ccccc5c5c6c(ccc54)oc4ccccc46)cc3)c21.CC1(C)c2ccccc2-c2nc(-c3ccccc3)nc(-c3ccc(-n4c5ccccc5c5c6c(ccc54)sc4ccccc46)cc3)c21.CC1(C)c2ccccc2-c2nc(-c3ccccc3)nc(-c3ccc(-n4c5ccccc5c5c6c7ccccc7n(-c7ccccc7)c6ccc54)cc3)c21. The summed E-state index contributed by atoms with van der Waals surface area (Å²) in [6, 6.07) is 160. The molecule has 3 aliphatic rings. The smallest absolute Gasteiger partial charge is 0.160 e. The van der Waals surface area contributed by atoms with Crippen LogP contribution in [0.25, 0.3) is 254 Å². The van der Waals surface area contributed by atoms with Gasteiger partial charge in [-0.2, -0.15) is 0 Å². The number of hydrogen-bond donors (Lipinski definition) is 0. The van der Waals surface area contributed by atoms with Gasteiger partial charge in [0.2, 0.25) is 0 Å². The molecule has 0 radical (unpaired) electrons. The fourth-order valence-corrected chi connectivity index (χ4v) is 25.8. The highest BCUT2D eigenvalue weighted by Crippen LogP contribution is 2.57. The first-order valence-electron chi connectivity index (χ1n) is 50.5. The number of para-hydroxylation sites is 6.